The van der Waals surface area contributed by atoms with Gasteiger partial charge >= 0.3 is 0 Å². The minimum absolute atomic E-state index is 0.0914. The molecule has 7 heteroatoms. The fraction of sp³-hybridized carbons (Fsp3) is 0.351. The second-order valence-corrected chi connectivity index (χ2v) is 11.3. The molecule has 0 heterocycles. The lowest BCUT2D eigenvalue weighted by Gasteiger charge is -2.18. The van der Waals surface area contributed by atoms with E-state index in [4.69, 9.17) is 16.0 Å². The van der Waals surface area contributed by atoms with Gasteiger partial charge in [-0.05, 0) is 98.4 Å². The number of amidine groups is 1. The van der Waals surface area contributed by atoms with E-state index in [-0.39, 0.29) is 11.7 Å². The van der Waals surface area contributed by atoms with Gasteiger partial charge in [-0.1, -0.05) is 81.9 Å². The average molecular weight is 598 g/mol. The van der Waals surface area contributed by atoms with Crippen LogP contribution in [-0.4, -0.2) is 18.9 Å². The summed E-state index contributed by atoms with van der Waals surface area (Å²) in [7, 11) is 1.59. The molecule has 0 saturated heterocycles. The highest BCUT2D eigenvalue weighted by Crippen LogP contribution is 2.33. The second-order valence-electron chi connectivity index (χ2n) is 11.3. The van der Waals surface area contributed by atoms with Crippen LogP contribution < -0.4 is 26.6 Å². The lowest BCUT2D eigenvalue weighted by Crippen LogP contribution is -2.22. The van der Waals surface area contributed by atoms with Crippen molar-refractivity contribution in [1.29, 1.82) is 5.41 Å². The number of rotatable bonds is 17. The van der Waals surface area contributed by atoms with Crippen LogP contribution in [0.15, 0.2) is 78.9 Å². The van der Waals surface area contributed by atoms with Crippen LogP contribution in [0.1, 0.15) is 82.6 Å². The molecule has 0 saturated carbocycles. The summed E-state index contributed by atoms with van der Waals surface area (Å²) in [6.45, 7) is 18.4. The summed E-state index contributed by atoms with van der Waals surface area (Å²) in [6, 6.07) is 9.75. The van der Waals surface area contributed by atoms with Crippen molar-refractivity contribution >= 4 is 34.9 Å². The summed E-state index contributed by atoms with van der Waals surface area (Å²) in [5.74, 6) is 6.79. The van der Waals surface area contributed by atoms with Gasteiger partial charge in [-0.3, -0.25) is 16.0 Å². The molecule has 1 amide bonds. The number of hydrogen-bond acceptors (Lipinski definition) is 5. The van der Waals surface area contributed by atoms with Crippen molar-refractivity contribution in [3.63, 3.8) is 0 Å². The minimum atomic E-state index is -0.315. The van der Waals surface area contributed by atoms with Crippen LogP contribution in [0.25, 0.3) is 11.8 Å². The zero-order valence-electron chi connectivity index (χ0n) is 27.4. The standard InChI is InChI=1S/C37H51N5O2/c1-9-12-17-29-21-30(19-18-28(29)10-2)33(42-39)24-36(38)40-34-23-32(41-37(43)11-3)31(22-35(34)44-8)20-26(6)15-13-14-16-27(7)25(4)5/h10-11,15-16,18-19,21-25,42H,2-3,9,12-14,17,20,39H2,1,4-8H3,(H2,38,40)(H,41,43)/b26-15+,27-16+,33-24-. The van der Waals surface area contributed by atoms with Gasteiger partial charge < -0.3 is 20.8 Å². The number of ether oxygens (including phenoxy) is 1. The van der Waals surface area contributed by atoms with E-state index >= 15 is 0 Å². The third kappa shape index (κ3) is 11.0. The SMILES string of the molecule is C=CC(=O)Nc1cc(NC(=N)/C=C(\NN)c2ccc(C=C)c(CCCC)c2)c(OC)cc1C/C(C)=C/CC/C=C(\C)C(C)C. The Morgan fingerprint density at radius 2 is 1.77 bits per heavy atom. The van der Waals surface area contributed by atoms with Gasteiger partial charge in [0.25, 0.3) is 0 Å². The van der Waals surface area contributed by atoms with Gasteiger partial charge in [0.05, 0.1) is 18.5 Å². The fourth-order valence-electron chi connectivity index (χ4n) is 4.67. The maximum absolute atomic E-state index is 12.3. The molecule has 0 fully saturated rings. The number of allylic oxidation sites excluding steroid dienone is 4. The maximum Gasteiger partial charge on any atom is 0.247 e. The number of anilines is 2. The molecule has 0 spiro atoms. The number of methoxy groups -OCH3 is 1. The van der Waals surface area contributed by atoms with E-state index < -0.39 is 0 Å². The third-order valence-corrected chi connectivity index (χ3v) is 7.56. The lowest BCUT2D eigenvalue weighted by atomic mass is 9.98. The van der Waals surface area contributed by atoms with Gasteiger partial charge in [0, 0.05) is 11.8 Å². The van der Waals surface area contributed by atoms with E-state index in [0.717, 1.165) is 48.8 Å². The van der Waals surface area contributed by atoms with Gasteiger partial charge in [0.15, 0.2) is 0 Å². The highest BCUT2D eigenvalue weighted by molar-refractivity contribution is 6.07. The Balaban J connectivity index is 2.37. The quantitative estimate of drug-likeness (QED) is 0.0238. The van der Waals surface area contributed by atoms with Gasteiger partial charge in [-0.25, -0.2) is 0 Å². The summed E-state index contributed by atoms with van der Waals surface area (Å²) in [5.41, 5.74) is 11.1. The first-order valence-corrected chi connectivity index (χ1v) is 15.3. The first kappa shape index (κ1) is 35.8. The first-order chi connectivity index (χ1) is 21.1. The van der Waals surface area contributed by atoms with Crippen LogP contribution in [-0.2, 0) is 17.6 Å². The second kappa shape index (κ2) is 18.3. The Morgan fingerprint density at radius 3 is 2.39 bits per heavy atom. The van der Waals surface area contributed by atoms with Crippen molar-refractivity contribution in [2.24, 2.45) is 11.8 Å². The third-order valence-electron chi connectivity index (χ3n) is 7.56. The predicted molar refractivity (Wildman–Crippen MR) is 189 cm³/mol. The normalized spacial score (nSPS) is 12.1. The van der Waals surface area contributed by atoms with Crippen molar-refractivity contribution < 1.29 is 9.53 Å². The van der Waals surface area contributed by atoms with Crippen LogP contribution >= 0.6 is 0 Å². The first-order valence-electron chi connectivity index (χ1n) is 15.3. The summed E-state index contributed by atoms with van der Waals surface area (Å²) < 4.78 is 5.71. The molecule has 0 aromatic heterocycles. The van der Waals surface area contributed by atoms with E-state index in [2.05, 4.69) is 82.1 Å². The van der Waals surface area contributed by atoms with E-state index in [9.17, 15) is 4.79 Å². The van der Waals surface area contributed by atoms with Crippen LogP contribution in [0.5, 0.6) is 5.75 Å². The summed E-state index contributed by atoms with van der Waals surface area (Å²) in [6.07, 6.45) is 14.9. The number of unbranched alkanes of at least 4 members (excludes halogenated alkanes) is 2. The van der Waals surface area contributed by atoms with Crippen molar-refractivity contribution in [3.8, 4) is 5.75 Å². The number of carbonyl (C=O) groups excluding carboxylic acids is 1. The summed E-state index contributed by atoms with van der Waals surface area (Å²) in [5, 5.41) is 14.8. The number of benzene rings is 2. The molecule has 0 atom stereocenters. The number of aryl methyl sites for hydroxylation is 1. The molecule has 2 rings (SSSR count). The highest BCUT2D eigenvalue weighted by Gasteiger charge is 2.14. The van der Waals surface area contributed by atoms with Crippen molar-refractivity contribution in [3.05, 3.63) is 101 Å². The van der Waals surface area contributed by atoms with Crippen LogP contribution in [0, 0.1) is 11.3 Å². The molecule has 0 aliphatic heterocycles. The Kier molecular flexibility index (Phi) is 14.9. The minimum Gasteiger partial charge on any atom is -0.495 e. The van der Waals surface area contributed by atoms with Crippen molar-refractivity contribution in [1.82, 2.24) is 5.43 Å². The zero-order chi connectivity index (χ0) is 32.6. The predicted octanol–water partition coefficient (Wildman–Crippen LogP) is 8.57. The van der Waals surface area contributed by atoms with Crippen molar-refractivity contribution in [2.45, 2.75) is 73.1 Å². The van der Waals surface area contributed by atoms with E-state index in [0.29, 0.717) is 35.2 Å². The van der Waals surface area contributed by atoms with Gasteiger partial charge in [0.1, 0.15) is 11.6 Å². The van der Waals surface area contributed by atoms with Gasteiger partial charge in [0.2, 0.25) is 5.91 Å². The zero-order valence-corrected chi connectivity index (χ0v) is 27.4. The van der Waals surface area contributed by atoms with E-state index in [1.165, 1.54) is 22.8 Å². The Morgan fingerprint density at radius 1 is 1.05 bits per heavy atom. The largest absolute Gasteiger partial charge is 0.495 e. The number of nitrogens with two attached hydrogens (primary N) is 1. The molecule has 0 radical (unpaired) electrons. The molecular weight excluding hydrogens is 546 g/mol. The van der Waals surface area contributed by atoms with Crippen LogP contribution in [0.2, 0.25) is 0 Å². The van der Waals surface area contributed by atoms with E-state index in [1.54, 1.807) is 19.3 Å². The lowest BCUT2D eigenvalue weighted by molar-refractivity contribution is -0.111. The Hall–Kier alpha value is -4.36. The van der Waals surface area contributed by atoms with E-state index in [1.807, 2.05) is 24.3 Å². The summed E-state index contributed by atoms with van der Waals surface area (Å²) in [4.78, 5) is 12.3. The fourth-order valence-corrected chi connectivity index (χ4v) is 4.67. The molecule has 0 aliphatic rings. The molecule has 7 nitrogen and oxygen atoms in total. The Labute approximate surface area is 264 Å². The molecule has 0 unspecified atom stereocenters. The molecule has 6 N–H and O–H groups in total. The molecule has 236 valence electrons. The molecule has 0 bridgehead atoms. The van der Waals surface area contributed by atoms with Crippen LogP contribution in [0.4, 0.5) is 11.4 Å². The van der Waals surface area contributed by atoms with Gasteiger partial charge in [-0.2, -0.15) is 0 Å². The van der Waals surface area contributed by atoms with Crippen LogP contribution in [0.3, 0.4) is 0 Å². The molecular formula is C37H51N5O2. The van der Waals surface area contributed by atoms with Gasteiger partial charge in [-0.15, -0.1) is 0 Å². The number of hydrazine groups is 1. The number of carbonyl (C=O) groups is 1. The molecule has 2 aromatic carbocycles. The molecule has 0 aliphatic carbocycles. The smallest absolute Gasteiger partial charge is 0.247 e. The monoisotopic (exact) mass is 597 g/mol. The number of nitrogens with one attached hydrogen (secondary N) is 4. The highest BCUT2D eigenvalue weighted by atomic mass is 16.5. The number of hydrogen-bond donors (Lipinski definition) is 5. The average Bonchev–Trinajstić information content (AvgIpc) is 3.01. The Bertz CT molecular complexity index is 1420. The molecule has 2 aromatic rings. The topological polar surface area (TPSA) is 112 Å². The summed E-state index contributed by atoms with van der Waals surface area (Å²) >= 11 is 0. The van der Waals surface area contributed by atoms with Crippen molar-refractivity contribution in [2.75, 3.05) is 17.7 Å². The maximum atomic E-state index is 12.3. The molecule has 44 heavy (non-hydrogen) atoms. The number of amides is 1.